The normalized spacial score (nSPS) is 10.6. The number of hydrogen-bond donors (Lipinski definition) is 1. The number of ether oxygens (including phenoxy) is 1. The van der Waals surface area contributed by atoms with Gasteiger partial charge in [-0.3, -0.25) is 4.79 Å². The number of rotatable bonds is 16. The average molecular weight is 270 g/mol. The predicted octanol–water partition coefficient (Wildman–Crippen LogP) is 3.97. The Hall–Kier alpha value is -0.570. The number of amides is 1. The molecule has 0 spiro atoms. The molecule has 0 fully saturated rings. The number of hydrogen-bond acceptors (Lipinski definition) is 2. The van der Waals surface area contributed by atoms with E-state index in [0.29, 0.717) is 6.54 Å². The first-order valence-corrected chi connectivity index (χ1v) is 8.09. The largest absolute Gasteiger partial charge is 0.381 e. The molecular formula is C16H32NO2. The molecule has 0 unspecified atom stereocenters. The predicted molar refractivity (Wildman–Crippen MR) is 81.0 cm³/mol. The Morgan fingerprint density at radius 2 is 1.32 bits per heavy atom. The number of unbranched alkanes of at least 4 members (excludes halogenated alkanes) is 9. The zero-order chi connectivity index (χ0) is 14.0. The van der Waals surface area contributed by atoms with Gasteiger partial charge in [0.2, 0.25) is 0 Å². The fourth-order valence-electron chi connectivity index (χ4n) is 2.11. The molecular weight excluding hydrogens is 238 g/mol. The van der Waals surface area contributed by atoms with Crippen LogP contribution in [0.2, 0.25) is 0 Å². The highest BCUT2D eigenvalue weighted by molar-refractivity contribution is 5.46. The maximum atomic E-state index is 9.86. The first kappa shape index (κ1) is 18.4. The van der Waals surface area contributed by atoms with Crippen molar-refractivity contribution in [1.29, 1.82) is 0 Å². The van der Waals surface area contributed by atoms with E-state index < -0.39 is 0 Å². The van der Waals surface area contributed by atoms with Gasteiger partial charge in [-0.05, 0) is 12.8 Å². The van der Waals surface area contributed by atoms with Crippen LogP contribution in [0.15, 0.2) is 0 Å². The first-order chi connectivity index (χ1) is 9.41. The lowest BCUT2D eigenvalue weighted by molar-refractivity contribution is 0.128. The highest BCUT2D eigenvalue weighted by Gasteiger charge is 1.93. The standard InChI is InChI=1S/C16H32NO2/c1-2-3-4-5-6-7-8-9-10-11-14-19-15-12-13-17-16-18/h2-15H2,1H3,(H,17,18). The first-order valence-electron chi connectivity index (χ1n) is 8.09. The van der Waals surface area contributed by atoms with Crippen molar-refractivity contribution in [2.45, 2.75) is 77.6 Å². The van der Waals surface area contributed by atoms with Crippen molar-refractivity contribution >= 4 is 6.41 Å². The van der Waals surface area contributed by atoms with Crippen molar-refractivity contribution in [2.24, 2.45) is 0 Å². The molecule has 0 atom stereocenters. The van der Waals surface area contributed by atoms with Gasteiger partial charge in [0.1, 0.15) is 0 Å². The summed E-state index contributed by atoms with van der Waals surface area (Å²) in [5.41, 5.74) is 0. The van der Waals surface area contributed by atoms with Crippen molar-refractivity contribution in [3.63, 3.8) is 0 Å². The molecule has 0 heterocycles. The maximum absolute atomic E-state index is 9.86. The van der Waals surface area contributed by atoms with Crippen molar-refractivity contribution in [3.05, 3.63) is 0 Å². The Kier molecular flexibility index (Phi) is 16.9. The smallest absolute Gasteiger partial charge is 0.309 e. The van der Waals surface area contributed by atoms with E-state index in [1.165, 1.54) is 64.2 Å². The molecule has 0 aliphatic carbocycles. The van der Waals surface area contributed by atoms with Crippen LogP contribution < -0.4 is 5.32 Å². The Morgan fingerprint density at radius 3 is 1.89 bits per heavy atom. The van der Waals surface area contributed by atoms with Crippen LogP contribution in [-0.4, -0.2) is 26.2 Å². The van der Waals surface area contributed by atoms with Gasteiger partial charge in [-0.25, -0.2) is 0 Å². The topological polar surface area (TPSA) is 38.3 Å². The molecule has 0 aromatic heterocycles. The number of carbonyl (C=O) groups excluding carboxylic acids is 1. The van der Waals surface area contributed by atoms with E-state index in [2.05, 4.69) is 12.2 Å². The molecule has 19 heavy (non-hydrogen) atoms. The highest BCUT2D eigenvalue weighted by Crippen LogP contribution is 2.10. The SMILES string of the molecule is CCCCCCCCCCCCOCCCN[C]=O. The van der Waals surface area contributed by atoms with Crippen LogP contribution in [-0.2, 0) is 9.53 Å². The summed E-state index contributed by atoms with van der Waals surface area (Å²) in [6.45, 7) is 4.54. The van der Waals surface area contributed by atoms with Gasteiger partial charge in [0.05, 0.1) is 0 Å². The molecule has 1 amide bonds. The van der Waals surface area contributed by atoms with Gasteiger partial charge >= 0.3 is 6.41 Å². The van der Waals surface area contributed by atoms with Gasteiger partial charge in [-0.15, -0.1) is 0 Å². The van der Waals surface area contributed by atoms with Crippen LogP contribution in [0.5, 0.6) is 0 Å². The van der Waals surface area contributed by atoms with Crippen LogP contribution in [0.3, 0.4) is 0 Å². The highest BCUT2D eigenvalue weighted by atomic mass is 16.5. The number of nitrogens with one attached hydrogen (secondary N) is 1. The molecule has 0 aliphatic rings. The Balaban J connectivity index is 2.89. The summed E-state index contributed by atoms with van der Waals surface area (Å²) in [5, 5.41) is 2.51. The quantitative estimate of drug-likeness (QED) is 0.340. The van der Waals surface area contributed by atoms with Crippen molar-refractivity contribution in [1.82, 2.24) is 5.32 Å². The molecule has 3 heteroatoms. The summed E-state index contributed by atoms with van der Waals surface area (Å²) in [5.74, 6) is 0. The Bertz CT molecular complexity index is 174. The van der Waals surface area contributed by atoms with E-state index in [1.54, 1.807) is 6.41 Å². The van der Waals surface area contributed by atoms with Crippen LogP contribution >= 0.6 is 0 Å². The average Bonchev–Trinajstić information content (AvgIpc) is 2.43. The van der Waals surface area contributed by atoms with Crippen molar-refractivity contribution in [2.75, 3.05) is 19.8 Å². The molecule has 0 bridgehead atoms. The van der Waals surface area contributed by atoms with Gasteiger partial charge in [-0.1, -0.05) is 64.7 Å². The Morgan fingerprint density at radius 1 is 0.789 bits per heavy atom. The lowest BCUT2D eigenvalue weighted by atomic mass is 10.1. The third kappa shape index (κ3) is 17.4. The van der Waals surface area contributed by atoms with E-state index in [0.717, 1.165) is 19.6 Å². The molecule has 0 aromatic carbocycles. The zero-order valence-electron chi connectivity index (χ0n) is 12.7. The third-order valence-corrected chi connectivity index (χ3v) is 3.30. The van der Waals surface area contributed by atoms with Crippen LogP contribution in [0, 0.1) is 0 Å². The minimum absolute atomic E-state index is 0.668. The fraction of sp³-hybridized carbons (Fsp3) is 0.938. The molecule has 0 saturated heterocycles. The summed E-state index contributed by atoms with van der Waals surface area (Å²) in [6.07, 6.45) is 16.1. The maximum Gasteiger partial charge on any atom is 0.309 e. The second kappa shape index (κ2) is 17.4. The lowest BCUT2D eigenvalue weighted by Gasteiger charge is -2.04. The van der Waals surface area contributed by atoms with Crippen LogP contribution in [0.25, 0.3) is 0 Å². The van der Waals surface area contributed by atoms with E-state index in [9.17, 15) is 4.79 Å². The summed E-state index contributed by atoms with van der Waals surface area (Å²) >= 11 is 0. The van der Waals surface area contributed by atoms with Crippen molar-refractivity contribution in [3.8, 4) is 0 Å². The van der Waals surface area contributed by atoms with Crippen LogP contribution in [0.1, 0.15) is 77.6 Å². The molecule has 0 aliphatic heterocycles. The molecule has 1 N–H and O–H groups in total. The van der Waals surface area contributed by atoms with Gasteiger partial charge in [-0.2, -0.15) is 0 Å². The van der Waals surface area contributed by atoms with Gasteiger partial charge in [0, 0.05) is 19.8 Å². The van der Waals surface area contributed by atoms with E-state index in [1.807, 2.05) is 0 Å². The van der Waals surface area contributed by atoms with Gasteiger partial charge in [0.15, 0.2) is 0 Å². The van der Waals surface area contributed by atoms with E-state index >= 15 is 0 Å². The lowest BCUT2D eigenvalue weighted by Crippen LogP contribution is -2.14. The van der Waals surface area contributed by atoms with Gasteiger partial charge < -0.3 is 10.1 Å². The summed E-state index contributed by atoms with van der Waals surface area (Å²) in [7, 11) is 0. The summed E-state index contributed by atoms with van der Waals surface area (Å²) < 4.78 is 5.48. The molecule has 0 saturated carbocycles. The molecule has 0 aromatic rings. The van der Waals surface area contributed by atoms with E-state index in [4.69, 9.17) is 4.74 Å². The molecule has 3 nitrogen and oxygen atoms in total. The molecule has 113 valence electrons. The minimum Gasteiger partial charge on any atom is -0.381 e. The zero-order valence-corrected chi connectivity index (χ0v) is 12.7. The van der Waals surface area contributed by atoms with E-state index in [-0.39, 0.29) is 0 Å². The fourth-order valence-corrected chi connectivity index (χ4v) is 2.11. The van der Waals surface area contributed by atoms with Crippen molar-refractivity contribution < 1.29 is 9.53 Å². The van der Waals surface area contributed by atoms with Crippen LogP contribution in [0.4, 0.5) is 0 Å². The van der Waals surface area contributed by atoms with Gasteiger partial charge in [0.25, 0.3) is 0 Å². The second-order valence-corrected chi connectivity index (χ2v) is 5.18. The monoisotopic (exact) mass is 270 g/mol. The third-order valence-electron chi connectivity index (χ3n) is 3.30. The Labute approximate surface area is 119 Å². The summed E-state index contributed by atoms with van der Waals surface area (Å²) in [4.78, 5) is 9.86. The molecule has 0 rings (SSSR count). The molecule has 1 radical (unpaired) electrons. The minimum atomic E-state index is 0.668. The second-order valence-electron chi connectivity index (χ2n) is 5.18. The summed E-state index contributed by atoms with van der Waals surface area (Å²) in [6, 6.07) is 0.